The molecule has 1 aliphatic heterocycles. The lowest BCUT2D eigenvalue weighted by Crippen LogP contribution is -2.99. The molecule has 0 aliphatic carbocycles. The maximum Gasteiger partial charge on any atom is 0.289 e. The fourth-order valence-electron chi connectivity index (χ4n) is 2.07. The highest BCUT2D eigenvalue weighted by Crippen LogP contribution is 2.34. The SMILES string of the molecule is O=C1c2cc([NH+]([O-])O)cnc2S(=O)(=O)N1c1ccc(Br)cc1. The van der Waals surface area contributed by atoms with Crippen LogP contribution in [0.25, 0.3) is 0 Å². The van der Waals surface area contributed by atoms with Crippen LogP contribution in [0.1, 0.15) is 10.4 Å². The van der Waals surface area contributed by atoms with Crippen molar-refractivity contribution in [3.05, 3.63) is 51.8 Å². The monoisotopic (exact) mass is 385 g/mol. The first kappa shape index (κ1) is 15.1. The number of anilines is 1. The zero-order chi connectivity index (χ0) is 16.1. The first-order chi connectivity index (χ1) is 10.3. The van der Waals surface area contributed by atoms with E-state index in [9.17, 15) is 18.4 Å². The highest BCUT2D eigenvalue weighted by molar-refractivity contribution is 9.10. The Bertz CT molecular complexity index is 867. The van der Waals surface area contributed by atoms with Crippen LogP contribution in [0.3, 0.4) is 0 Å². The number of sulfonamides is 1. The van der Waals surface area contributed by atoms with Gasteiger partial charge in [-0.25, -0.2) is 10.2 Å². The van der Waals surface area contributed by atoms with E-state index in [0.29, 0.717) is 4.31 Å². The molecule has 8 nitrogen and oxygen atoms in total. The molecule has 1 amide bonds. The van der Waals surface area contributed by atoms with E-state index in [1.165, 1.54) is 12.1 Å². The summed E-state index contributed by atoms with van der Waals surface area (Å²) in [5.41, 5.74) is -0.342. The van der Waals surface area contributed by atoms with Crippen molar-refractivity contribution in [1.29, 1.82) is 0 Å². The van der Waals surface area contributed by atoms with Gasteiger partial charge >= 0.3 is 0 Å². The molecule has 10 heteroatoms. The van der Waals surface area contributed by atoms with Crippen molar-refractivity contribution < 1.29 is 23.6 Å². The first-order valence-corrected chi connectivity index (χ1v) is 8.14. The topological polar surface area (TPSA) is 115 Å². The van der Waals surface area contributed by atoms with Gasteiger partial charge in [0, 0.05) is 10.5 Å². The number of hydrogen-bond donors (Lipinski definition) is 2. The van der Waals surface area contributed by atoms with E-state index in [2.05, 4.69) is 20.9 Å². The summed E-state index contributed by atoms with van der Waals surface area (Å²) in [6.45, 7) is 0. The molecule has 0 bridgehead atoms. The number of carbonyl (C=O) groups is 1. The Labute approximate surface area is 133 Å². The largest absolute Gasteiger partial charge is 0.595 e. The predicted molar refractivity (Wildman–Crippen MR) is 78.2 cm³/mol. The van der Waals surface area contributed by atoms with Gasteiger partial charge in [0.1, 0.15) is 0 Å². The minimum atomic E-state index is -4.14. The molecule has 2 heterocycles. The molecule has 22 heavy (non-hydrogen) atoms. The van der Waals surface area contributed by atoms with Crippen molar-refractivity contribution in [3.63, 3.8) is 0 Å². The van der Waals surface area contributed by atoms with Gasteiger partial charge in [0.15, 0.2) is 10.7 Å². The van der Waals surface area contributed by atoms with E-state index >= 15 is 0 Å². The zero-order valence-corrected chi connectivity index (χ0v) is 13.1. The number of amides is 1. The molecule has 1 aromatic heterocycles. The lowest BCUT2D eigenvalue weighted by atomic mass is 10.2. The molecule has 0 fully saturated rings. The van der Waals surface area contributed by atoms with Crippen LogP contribution in [0.15, 0.2) is 46.0 Å². The van der Waals surface area contributed by atoms with Crippen molar-refractivity contribution in [2.45, 2.75) is 5.03 Å². The van der Waals surface area contributed by atoms with Gasteiger partial charge in [-0.1, -0.05) is 15.9 Å². The number of quaternary nitrogens is 1. The molecular formula is C12H8BrN3O5S. The van der Waals surface area contributed by atoms with Gasteiger partial charge in [0.2, 0.25) is 0 Å². The summed E-state index contributed by atoms with van der Waals surface area (Å²) >= 11 is 3.22. The molecule has 0 saturated carbocycles. The van der Waals surface area contributed by atoms with Gasteiger partial charge in [-0.2, -0.15) is 17.9 Å². The summed E-state index contributed by atoms with van der Waals surface area (Å²) < 4.78 is 26.2. The molecule has 0 radical (unpaired) electrons. The average Bonchev–Trinajstić information content (AvgIpc) is 2.67. The number of nitrogens with one attached hydrogen (secondary N) is 1. The summed E-state index contributed by atoms with van der Waals surface area (Å²) in [4.78, 5) is 16.0. The van der Waals surface area contributed by atoms with Crippen molar-refractivity contribution in [1.82, 2.24) is 4.98 Å². The highest BCUT2D eigenvalue weighted by atomic mass is 79.9. The molecule has 2 N–H and O–H groups in total. The quantitative estimate of drug-likeness (QED) is 0.731. The van der Waals surface area contributed by atoms with Crippen molar-refractivity contribution >= 4 is 43.2 Å². The van der Waals surface area contributed by atoms with Gasteiger partial charge < -0.3 is 5.21 Å². The third-order valence-electron chi connectivity index (χ3n) is 3.06. The van der Waals surface area contributed by atoms with Crippen LogP contribution in [0.2, 0.25) is 0 Å². The number of fused-ring (bicyclic) bond motifs is 1. The number of halogens is 1. The molecular weight excluding hydrogens is 378 g/mol. The molecule has 0 spiro atoms. The van der Waals surface area contributed by atoms with Gasteiger partial charge in [-0.3, -0.25) is 4.79 Å². The van der Waals surface area contributed by atoms with E-state index in [-0.39, 0.29) is 16.9 Å². The van der Waals surface area contributed by atoms with E-state index in [1.54, 1.807) is 12.1 Å². The smallest absolute Gasteiger partial charge is 0.289 e. The molecule has 3 rings (SSSR count). The average molecular weight is 386 g/mol. The Kier molecular flexibility index (Phi) is 3.50. The Morgan fingerprint density at radius 2 is 1.91 bits per heavy atom. The van der Waals surface area contributed by atoms with Gasteiger partial charge in [-0.05, 0) is 24.3 Å². The molecule has 1 unspecified atom stereocenters. The number of hydrogen-bond acceptors (Lipinski definition) is 6. The summed E-state index contributed by atoms with van der Waals surface area (Å²) in [7, 11) is -4.14. The fourth-order valence-corrected chi connectivity index (χ4v) is 3.83. The second-order valence-electron chi connectivity index (χ2n) is 4.43. The van der Waals surface area contributed by atoms with Gasteiger partial charge in [-0.15, -0.1) is 0 Å². The standard InChI is InChI=1S/C12H8BrN3O5S/c13-7-1-3-8(4-2-7)15-12(17)10-5-9(16(18)19)6-14-11(10)22(15,20)21/h1-6,16,18H. The zero-order valence-electron chi connectivity index (χ0n) is 10.7. The predicted octanol–water partition coefficient (Wildman–Crippen LogP) is 0.597. The third kappa shape index (κ3) is 2.21. The Hall–Kier alpha value is -1.85. The Morgan fingerprint density at radius 3 is 2.50 bits per heavy atom. The lowest BCUT2D eigenvalue weighted by molar-refractivity contribution is -0.991. The summed E-state index contributed by atoms with van der Waals surface area (Å²) in [5.74, 6) is -0.826. The van der Waals surface area contributed by atoms with Crippen molar-refractivity contribution in [3.8, 4) is 0 Å². The van der Waals surface area contributed by atoms with Crippen LogP contribution < -0.4 is 9.53 Å². The lowest BCUT2D eigenvalue weighted by Gasteiger charge is -2.14. The third-order valence-corrected chi connectivity index (χ3v) is 5.26. The molecule has 1 aromatic carbocycles. The first-order valence-electron chi connectivity index (χ1n) is 5.91. The van der Waals surface area contributed by atoms with Crippen LogP contribution in [-0.2, 0) is 10.0 Å². The number of pyridine rings is 1. The summed E-state index contributed by atoms with van der Waals surface area (Å²) in [6, 6.07) is 7.13. The van der Waals surface area contributed by atoms with E-state index < -0.39 is 26.2 Å². The molecule has 0 saturated heterocycles. The maximum atomic E-state index is 12.4. The van der Waals surface area contributed by atoms with E-state index in [0.717, 1.165) is 16.7 Å². The molecule has 114 valence electrons. The molecule has 1 atom stereocenters. The fraction of sp³-hybridized carbons (Fsp3) is 0. The van der Waals surface area contributed by atoms with Crippen LogP contribution in [-0.4, -0.2) is 24.5 Å². The molecule has 1 aliphatic rings. The minimum absolute atomic E-state index is 0.156. The minimum Gasteiger partial charge on any atom is -0.595 e. The summed E-state index contributed by atoms with van der Waals surface area (Å²) in [6.07, 6.45) is 0.914. The van der Waals surface area contributed by atoms with Crippen LogP contribution in [0, 0.1) is 5.21 Å². The van der Waals surface area contributed by atoms with Crippen LogP contribution in [0.4, 0.5) is 11.4 Å². The second-order valence-corrected chi connectivity index (χ2v) is 7.05. The van der Waals surface area contributed by atoms with Crippen molar-refractivity contribution in [2.75, 3.05) is 4.31 Å². The molecule has 2 aromatic rings. The van der Waals surface area contributed by atoms with E-state index in [4.69, 9.17) is 5.21 Å². The number of benzene rings is 1. The Morgan fingerprint density at radius 1 is 1.27 bits per heavy atom. The van der Waals surface area contributed by atoms with Crippen molar-refractivity contribution in [2.24, 2.45) is 0 Å². The number of aromatic nitrogens is 1. The van der Waals surface area contributed by atoms with Crippen LogP contribution >= 0.6 is 15.9 Å². The number of carbonyl (C=O) groups excluding carboxylic acids is 1. The number of rotatable bonds is 2. The highest BCUT2D eigenvalue weighted by Gasteiger charge is 2.44. The van der Waals surface area contributed by atoms with Gasteiger partial charge in [0.25, 0.3) is 15.9 Å². The number of nitrogens with zero attached hydrogens (tertiary/aromatic N) is 2. The Balaban J connectivity index is 2.16. The van der Waals surface area contributed by atoms with Crippen LogP contribution in [0.5, 0.6) is 0 Å². The summed E-state index contributed by atoms with van der Waals surface area (Å²) in [5, 5.41) is 18.1. The second kappa shape index (κ2) is 5.11. The normalized spacial score (nSPS) is 17.4. The van der Waals surface area contributed by atoms with Gasteiger partial charge in [0.05, 0.1) is 17.4 Å². The van der Waals surface area contributed by atoms with E-state index in [1.807, 2.05) is 0 Å². The maximum absolute atomic E-state index is 12.4.